The van der Waals surface area contributed by atoms with E-state index in [0.29, 0.717) is 18.8 Å². The van der Waals surface area contributed by atoms with Crippen molar-refractivity contribution in [3.05, 3.63) is 0 Å². The molecule has 126 valence electrons. The fraction of sp³-hybridized carbons (Fsp3) is 0.867. The highest BCUT2D eigenvalue weighted by Gasteiger charge is 2.29. The summed E-state index contributed by atoms with van der Waals surface area (Å²) in [7, 11) is -2.96. The van der Waals surface area contributed by atoms with Crippen LogP contribution in [0.5, 0.6) is 0 Å². The molecule has 1 aliphatic carbocycles. The number of hydrogen-bond donors (Lipinski definition) is 2. The molecule has 1 unspecified atom stereocenters. The molecule has 6 nitrogen and oxygen atoms in total. The van der Waals surface area contributed by atoms with E-state index in [0.717, 1.165) is 6.42 Å². The molecule has 2 fully saturated rings. The third-order valence-corrected chi connectivity index (χ3v) is 6.48. The Hall–Kier alpha value is -1.11. The minimum absolute atomic E-state index is 0.0794. The summed E-state index contributed by atoms with van der Waals surface area (Å²) < 4.78 is 22.6. The lowest BCUT2D eigenvalue weighted by molar-refractivity contribution is -0.129. The Labute approximate surface area is 132 Å². The lowest BCUT2D eigenvalue weighted by Gasteiger charge is -2.21. The molecule has 2 amide bonds. The Morgan fingerprint density at radius 3 is 2.23 bits per heavy atom. The van der Waals surface area contributed by atoms with Crippen molar-refractivity contribution < 1.29 is 18.0 Å². The normalized spacial score (nSPS) is 24.8. The summed E-state index contributed by atoms with van der Waals surface area (Å²) in [5, 5.41) is 0. The predicted molar refractivity (Wildman–Crippen MR) is 83.5 cm³/mol. The number of hydrogen-bond acceptors (Lipinski definition) is 4. The highest BCUT2D eigenvalue weighted by Crippen LogP contribution is 2.27. The van der Waals surface area contributed by atoms with Gasteiger partial charge in [0.25, 0.3) is 0 Å². The smallest absolute Gasteiger partial charge is 0.238 e. The monoisotopic (exact) mass is 330 g/mol. The topological polar surface area (TPSA) is 92.3 Å². The van der Waals surface area contributed by atoms with Crippen molar-refractivity contribution in [3.63, 3.8) is 0 Å². The molecule has 1 saturated heterocycles. The predicted octanol–water partition coefficient (Wildman–Crippen LogP) is 1.32. The summed E-state index contributed by atoms with van der Waals surface area (Å²) in [6.07, 6.45) is 8.22. The van der Waals surface area contributed by atoms with Gasteiger partial charge in [0.05, 0.1) is 11.5 Å². The van der Waals surface area contributed by atoms with E-state index in [-0.39, 0.29) is 35.7 Å². The molecule has 0 aromatic rings. The van der Waals surface area contributed by atoms with Crippen LogP contribution in [-0.4, -0.2) is 31.7 Å². The lowest BCUT2D eigenvalue weighted by Crippen LogP contribution is -2.42. The Kier molecular flexibility index (Phi) is 6.23. The summed E-state index contributed by atoms with van der Waals surface area (Å²) in [4.78, 5) is 23.4. The number of carbonyl (C=O) groups is 2. The number of hydrazine groups is 1. The molecular weight excluding hydrogens is 304 g/mol. The van der Waals surface area contributed by atoms with Crippen LogP contribution < -0.4 is 10.9 Å². The van der Waals surface area contributed by atoms with Gasteiger partial charge in [0, 0.05) is 12.8 Å². The van der Waals surface area contributed by atoms with Crippen LogP contribution >= 0.6 is 0 Å². The van der Waals surface area contributed by atoms with E-state index in [1.807, 2.05) is 0 Å². The lowest BCUT2D eigenvalue weighted by atomic mass is 9.86. The van der Waals surface area contributed by atoms with Gasteiger partial charge in [-0.3, -0.25) is 20.4 Å². The number of nitrogens with one attached hydrogen (secondary N) is 2. The first kappa shape index (κ1) is 17.2. The van der Waals surface area contributed by atoms with Crippen molar-refractivity contribution in [2.24, 2.45) is 11.8 Å². The van der Waals surface area contributed by atoms with E-state index in [1.54, 1.807) is 0 Å². The fourth-order valence-corrected chi connectivity index (χ4v) is 5.22. The van der Waals surface area contributed by atoms with Gasteiger partial charge in [-0.05, 0) is 24.7 Å². The van der Waals surface area contributed by atoms with Gasteiger partial charge < -0.3 is 0 Å². The van der Waals surface area contributed by atoms with E-state index in [4.69, 9.17) is 0 Å². The van der Waals surface area contributed by atoms with Gasteiger partial charge >= 0.3 is 0 Å². The molecule has 1 aliphatic heterocycles. The van der Waals surface area contributed by atoms with Gasteiger partial charge in [0.1, 0.15) is 0 Å². The van der Waals surface area contributed by atoms with Crippen LogP contribution in [0, 0.1) is 11.8 Å². The second-order valence-corrected chi connectivity index (χ2v) is 8.84. The molecule has 0 aromatic heterocycles. The van der Waals surface area contributed by atoms with Crippen LogP contribution in [-0.2, 0) is 19.4 Å². The molecule has 0 aromatic carbocycles. The SMILES string of the molecule is O=C(CCC1CCCCC1)NNC(=O)CC1CCS(=O)(=O)C1. The molecule has 1 atom stereocenters. The van der Waals surface area contributed by atoms with Crippen molar-refractivity contribution in [2.75, 3.05) is 11.5 Å². The van der Waals surface area contributed by atoms with Gasteiger partial charge in [-0.2, -0.15) is 0 Å². The maximum Gasteiger partial charge on any atom is 0.238 e. The Morgan fingerprint density at radius 2 is 1.59 bits per heavy atom. The first-order valence-corrected chi connectivity index (χ1v) is 10.0. The number of sulfone groups is 1. The molecule has 0 spiro atoms. The first-order chi connectivity index (χ1) is 10.4. The van der Waals surface area contributed by atoms with Crippen molar-refractivity contribution in [1.29, 1.82) is 0 Å². The molecule has 1 saturated carbocycles. The highest BCUT2D eigenvalue weighted by atomic mass is 32.2. The quantitative estimate of drug-likeness (QED) is 0.744. The zero-order chi connectivity index (χ0) is 16.0. The average molecular weight is 330 g/mol. The molecule has 0 bridgehead atoms. The Balaban J connectivity index is 1.58. The molecule has 1 heterocycles. The zero-order valence-electron chi connectivity index (χ0n) is 13.0. The van der Waals surface area contributed by atoms with Gasteiger partial charge in [0.2, 0.25) is 11.8 Å². The number of carbonyl (C=O) groups excluding carboxylic acids is 2. The van der Waals surface area contributed by atoms with Crippen molar-refractivity contribution in [1.82, 2.24) is 10.9 Å². The Morgan fingerprint density at radius 1 is 0.909 bits per heavy atom. The molecule has 2 aliphatic rings. The van der Waals surface area contributed by atoms with E-state index >= 15 is 0 Å². The van der Waals surface area contributed by atoms with Crippen LogP contribution in [0.1, 0.15) is 57.8 Å². The van der Waals surface area contributed by atoms with Crippen LogP contribution in [0.4, 0.5) is 0 Å². The zero-order valence-corrected chi connectivity index (χ0v) is 13.8. The second kappa shape index (κ2) is 7.94. The van der Waals surface area contributed by atoms with Crippen LogP contribution in [0.2, 0.25) is 0 Å². The van der Waals surface area contributed by atoms with Gasteiger partial charge in [0.15, 0.2) is 9.84 Å². The van der Waals surface area contributed by atoms with Crippen molar-refractivity contribution in [2.45, 2.75) is 57.8 Å². The molecule has 2 N–H and O–H groups in total. The van der Waals surface area contributed by atoms with Gasteiger partial charge in [-0.15, -0.1) is 0 Å². The average Bonchev–Trinajstić information content (AvgIpc) is 2.83. The van der Waals surface area contributed by atoms with Crippen LogP contribution in [0.15, 0.2) is 0 Å². The van der Waals surface area contributed by atoms with Gasteiger partial charge in [-0.25, -0.2) is 8.42 Å². The third kappa shape index (κ3) is 5.94. The summed E-state index contributed by atoms with van der Waals surface area (Å²) in [6, 6.07) is 0. The maximum atomic E-state index is 11.7. The first-order valence-electron chi connectivity index (χ1n) is 8.23. The molecule has 22 heavy (non-hydrogen) atoms. The Bertz CT molecular complexity index is 498. The molecule has 0 radical (unpaired) electrons. The largest absolute Gasteiger partial charge is 0.273 e. The standard InChI is InChI=1S/C15H26N2O4S/c18-14(7-6-12-4-2-1-3-5-12)16-17-15(19)10-13-8-9-22(20,21)11-13/h12-13H,1-11H2,(H,16,18)(H,17,19). The molecular formula is C15H26N2O4S. The second-order valence-electron chi connectivity index (χ2n) is 6.61. The van der Waals surface area contributed by atoms with Crippen molar-refractivity contribution >= 4 is 21.7 Å². The van der Waals surface area contributed by atoms with Crippen LogP contribution in [0.25, 0.3) is 0 Å². The van der Waals surface area contributed by atoms with E-state index in [9.17, 15) is 18.0 Å². The van der Waals surface area contributed by atoms with E-state index < -0.39 is 9.84 Å². The number of amides is 2. The minimum Gasteiger partial charge on any atom is -0.273 e. The van der Waals surface area contributed by atoms with E-state index in [2.05, 4.69) is 10.9 Å². The number of rotatable bonds is 5. The highest BCUT2D eigenvalue weighted by molar-refractivity contribution is 7.91. The fourth-order valence-electron chi connectivity index (χ4n) is 3.36. The third-order valence-electron chi connectivity index (χ3n) is 4.65. The summed E-state index contributed by atoms with van der Waals surface area (Å²) in [6.45, 7) is 0. The van der Waals surface area contributed by atoms with Crippen LogP contribution in [0.3, 0.4) is 0 Å². The van der Waals surface area contributed by atoms with Gasteiger partial charge in [-0.1, -0.05) is 32.1 Å². The molecule has 7 heteroatoms. The van der Waals surface area contributed by atoms with E-state index in [1.165, 1.54) is 32.1 Å². The summed E-state index contributed by atoms with van der Waals surface area (Å²) in [5.74, 6) is 0.281. The molecule has 2 rings (SSSR count). The summed E-state index contributed by atoms with van der Waals surface area (Å²) in [5.41, 5.74) is 4.82. The van der Waals surface area contributed by atoms with Crippen molar-refractivity contribution in [3.8, 4) is 0 Å². The summed E-state index contributed by atoms with van der Waals surface area (Å²) >= 11 is 0. The minimum atomic E-state index is -2.96. The maximum absolute atomic E-state index is 11.7.